The Labute approximate surface area is 151 Å². The van der Waals surface area contributed by atoms with Gasteiger partial charge in [0, 0.05) is 6.42 Å². The molecule has 4 aromatic rings. The van der Waals surface area contributed by atoms with Gasteiger partial charge in [-0.3, -0.25) is 4.57 Å². The van der Waals surface area contributed by atoms with Gasteiger partial charge in [-0.25, -0.2) is 13.4 Å². The fraction of sp³-hybridized carbons (Fsp3) is 0.0952. The van der Waals surface area contributed by atoms with Gasteiger partial charge in [-0.1, -0.05) is 49.4 Å². The van der Waals surface area contributed by atoms with E-state index in [0.29, 0.717) is 21.0 Å². The Kier molecular flexibility index (Phi) is 3.12. The van der Waals surface area contributed by atoms with Crippen LogP contribution in [-0.4, -0.2) is 18.0 Å². The number of sulfone groups is 1. The monoisotopic (exact) mass is 360 g/mol. The van der Waals surface area contributed by atoms with Crippen molar-refractivity contribution in [2.24, 2.45) is 0 Å². The van der Waals surface area contributed by atoms with Gasteiger partial charge in [0.05, 0.1) is 26.5 Å². The summed E-state index contributed by atoms with van der Waals surface area (Å²) in [6, 6.07) is 20.8. The molecular weight excluding hydrogens is 344 g/mol. The molecule has 0 unspecified atom stereocenters. The number of benzene rings is 3. The topological polar surface area (TPSA) is 52.0 Å². The molecule has 1 aliphatic heterocycles. The van der Waals surface area contributed by atoms with Crippen LogP contribution >= 0.6 is 0 Å². The summed E-state index contributed by atoms with van der Waals surface area (Å²) in [6.45, 7) is 2.04. The van der Waals surface area contributed by atoms with Crippen molar-refractivity contribution in [3.8, 4) is 16.8 Å². The molecule has 0 amide bonds. The Balaban J connectivity index is 1.91. The largest absolute Gasteiger partial charge is 0.294 e. The van der Waals surface area contributed by atoms with Crippen LogP contribution in [0.25, 0.3) is 27.8 Å². The van der Waals surface area contributed by atoms with Gasteiger partial charge in [0.1, 0.15) is 5.82 Å². The Hall–Kier alpha value is -2.92. The molecule has 0 fully saturated rings. The molecule has 5 rings (SSSR count). The van der Waals surface area contributed by atoms with E-state index >= 15 is 0 Å². The molecule has 5 heteroatoms. The highest BCUT2D eigenvalue weighted by Crippen LogP contribution is 2.40. The highest BCUT2D eigenvalue weighted by molar-refractivity contribution is 7.92. The molecule has 0 bridgehead atoms. The lowest BCUT2D eigenvalue weighted by Crippen LogP contribution is -2.15. The zero-order valence-electron chi connectivity index (χ0n) is 14.2. The van der Waals surface area contributed by atoms with E-state index in [-0.39, 0.29) is 0 Å². The third kappa shape index (κ3) is 1.95. The molecule has 1 aliphatic rings. The van der Waals surface area contributed by atoms with Gasteiger partial charge >= 0.3 is 0 Å². The number of aryl methyl sites for hydroxylation is 1. The fourth-order valence-electron chi connectivity index (χ4n) is 3.71. The normalized spacial score (nSPS) is 14.3. The van der Waals surface area contributed by atoms with Gasteiger partial charge in [0.15, 0.2) is 0 Å². The van der Waals surface area contributed by atoms with E-state index in [4.69, 9.17) is 0 Å². The van der Waals surface area contributed by atoms with E-state index in [1.165, 1.54) is 0 Å². The summed E-state index contributed by atoms with van der Waals surface area (Å²) in [5.74, 6) is 0.869. The summed E-state index contributed by atoms with van der Waals surface area (Å²) >= 11 is 0. The zero-order valence-corrected chi connectivity index (χ0v) is 15.0. The predicted molar refractivity (Wildman–Crippen MR) is 101 cm³/mol. The molecule has 1 aromatic heterocycles. The number of para-hydroxylation sites is 1. The molecule has 2 heterocycles. The Bertz CT molecular complexity index is 1270. The van der Waals surface area contributed by atoms with E-state index in [1.807, 2.05) is 60.0 Å². The molecule has 0 saturated heterocycles. The van der Waals surface area contributed by atoms with Gasteiger partial charge in [0.2, 0.25) is 9.84 Å². The standard InChI is InChI=1S/C21H16N2O2S/c1-2-20-22-16-9-6-10-19-21(16)23(20)17-13-15(14-7-4-3-5-8-14)11-12-18(17)26(19,24)25/h3-13H,2H2,1H3. The summed E-state index contributed by atoms with van der Waals surface area (Å²) in [5, 5.41) is 0. The zero-order chi connectivity index (χ0) is 17.9. The van der Waals surface area contributed by atoms with Crippen molar-refractivity contribution in [1.29, 1.82) is 0 Å². The number of aromatic nitrogens is 2. The highest BCUT2D eigenvalue weighted by atomic mass is 32.2. The Morgan fingerprint density at radius 2 is 1.69 bits per heavy atom. The first-order valence-electron chi connectivity index (χ1n) is 8.56. The second-order valence-corrected chi connectivity index (χ2v) is 8.28. The predicted octanol–water partition coefficient (Wildman–Crippen LogP) is 4.40. The van der Waals surface area contributed by atoms with Gasteiger partial charge < -0.3 is 0 Å². The van der Waals surface area contributed by atoms with Gasteiger partial charge in [-0.05, 0) is 35.4 Å². The minimum Gasteiger partial charge on any atom is -0.294 e. The van der Waals surface area contributed by atoms with Crippen LogP contribution in [0.3, 0.4) is 0 Å². The molecule has 0 N–H and O–H groups in total. The quantitative estimate of drug-likeness (QED) is 0.469. The second kappa shape index (κ2) is 5.29. The minimum absolute atomic E-state index is 0.335. The maximum absolute atomic E-state index is 13.2. The van der Waals surface area contributed by atoms with E-state index < -0.39 is 9.84 Å². The van der Waals surface area contributed by atoms with Gasteiger partial charge in [-0.2, -0.15) is 0 Å². The van der Waals surface area contributed by atoms with Crippen molar-refractivity contribution in [1.82, 2.24) is 9.55 Å². The van der Waals surface area contributed by atoms with Crippen molar-refractivity contribution in [2.45, 2.75) is 23.1 Å². The fourth-order valence-corrected chi connectivity index (χ4v) is 5.32. The van der Waals surface area contributed by atoms with Gasteiger partial charge in [-0.15, -0.1) is 0 Å². The number of hydrogen-bond acceptors (Lipinski definition) is 3. The number of hydrogen-bond donors (Lipinski definition) is 0. The van der Waals surface area contributed by atoms with Crippen LogP contribution in [0.5, 0.6) is 0 Å². The van der Waals surface area contributed by atoms with E-state index in [0.717, 1.165) is 28.9 Å². The number of nitrogens with zero attached hydrogens (tertiary/aromatic N) is 2. The summed E-state index contributed by atoms with van der Waals surface area (Å²) < 4.78 is 28.4. The molecule has 0 saturated carbocycles. The molecule has 3 aromatic carbocycles. The molecule has 4 nitrogen and oxygen atoms in total. The summed E-state index contributed by atoms with van der Waals surface area (Å²) in [7, 11) is -3.56. The Morgan fingerprint density at radius 1 is 0.885 bits per heavy atom. The van der Waals surface area contributed by atoms with Crippen LogP contribution < -0.4 is 0 Å². The van der Waals surface area contributed by atoms with Crippen molar-refractivity contribution in [2.75, 3.05) is 0 Å². The van der Waals surface area contributed by atoms with Crippen molar-refractivity contribution in [3.63, 3.8) is 0 Å². The number of rotatable bonds is 2. The van der Waals surface area contributed by atoms with Crippen molar-refractivity contribution < 1.29 is 8.42 Å². The molecule has 0 spiro atoms. The molecular formula is C21H16N2O2S. The first-order chi connectivity index (χ1) is 12.6. The maximum atomic E-state index is 13.2. The average molecular weight is 360 g/mol. The first-order valence-corrected chi connectivity index (χ1v) is 10.0. The number of fused-ring (bicyclic) bond motifs is 2. The molecule has 128 valence electrons. The van der Waals surface area contributed by atoms with Crippen LogP contribution in [0.15, 0.2) is 76.5 Å². The van der Waals surface area contributed by atoms with Gasteiger partial charge in [0.25, 0.3) is 0 Å². The Morgan fingerprint density at radius 3 is 2.46 bits per heavy atom. The lowest BCUT2D eigenvalue weighted by molar-refractivity contribution is 0.594. The number of imidazole rings is 1. The molecule has 0 radical (unpaired) electrons. The van der Waals surface area contributed by atoms with Crippen LogP contribution in [0, 0.1) is 0 Å². The average Bonchev–Trinajstić information content (AvgIpc) is 3.06. The molecule has 0 aliphatic carbocycles. The van der Waals surface area contributed by atoms with Crippen molar-refractivity contribution in [3.05, 3.63) is 72.6 Å². The van der Waals surface area contributed by atoms with Crippen molar-refractivity contribution >= 4 is 20.9 Å². The smallest absolute Gasteiger partial charge is 0.210 e. The molecule has 26 heavy (non-hydrogen) atoms. The van der Waals surface area contributed by atoms with Crippen LogP contribution in [0.2, 0.25) is 0 Å². The van der Waals surface area contributed by atoms with Crippen LogP contribution in [0.4, 0.5) is 0 Å². The second-order valence-electron chi connectivity index (χ2n) is 6.39. The summed E-state index contributed by atoms with van der Waals surface area (Å²) in [5.41, 5.74) is 4.13. The minimum atomic E-state index is -3.56. The molecule has 0 atom stereocenters. The first kappa shape index (κ1) is 15.3. The summed E-state index contributed by atoms with van der Waals surface area (Å²) in [4.78, 5) is 5.34. The van der Waals surface area contributed by atoms with E-state index in [9.17, 15) is 8.42 Å². The van der Waals surface area contributed by atoms with Crippen LogP contribution in [-0.2, 0) is 16.3 Å². The lowest BCUT2D eigenvalue weighted by atomic mass is 10.0. The maximum Gasteiger partial charge on any atom is 0.210 e. The SMILES string of the molecule is CCc1nc2cccc3c2n1-c1cc(-c2ccccc2)ccc1S3(=O)=O. The summed E-state index contributed by atoms with van der Waals surface area (Å²) in [6.07, 6.45) is 0.725. The third-order valence-corrected chi connectivity index (χ3v) is 6.74. The lowest BCUT2D eigenvalue weighted by Gasteiger charge is -2.21. The highest BCUT2D eigenvalue weighted by Gasteiger charge is 2.33. The van der Waals surface area contributed by atoms with E-state index in [2.05, 4.69) is 4.98 Å². The third-order valence-electron chi connectivity index (χ3n) is 4.91. The van der Waals surface area contributed by atoms with Crippen LogP contribution in [0.1, 0.15) is 12.7 Å². The van der Waals surface area contributed by atoms with E-state index in [1.54, 1.807) is 18.2 Å².